The largest absolute Gasteiger partial charge is 0.322 e. The molecule has 0 unspecified atom stereocenters. The average molecular weight is 644 g/mol. The Morgan fingerprint density at radius 3 is 1.60 bits per heavy atom. The number of rotatable bonds is 7. The molecule has 4 nitrogen and oxygen atoms in total. The van der Waals surface area contributed by atoms with Crippen molar-refractivity contribution in [3.8, 4) is 0 Å². The van der Waals surface area contributed by atoms with Crippen LogP contribution < -0.4 is 10.5 Å². The molecular formula is C34H42N2O2RuS. The van der Waals surface area contributed by atoms with E-state index in [-0.39, 0.29) is 29.8 Å². The smallest absolute Gasteiger partial charge is 0.241 e. The first-order valence-corrected chi connectivity index (χ1v) is 14.9. The van der Waals surface area contributed by atoms with E-state index in [1.807, 2.05) is 72.8 Å². The van der Waals surface area contributed by atoms with E-state index in [1.54, 1.807) is 12.1 Å². The molecule has 40 heavy (non-hydrogen) atoms. The van der Waals surface area contributed by atoms with Crippen molar-refractivity contribution in [1.82, 2.24) is 4.72 Å². The summed E-state index contributed by atoms with van der Waals surface area (Å²) in [6.45, 7) is 12.8. The summed E-state index contributed by atoms with van der Waals surface area (Å²) in [5.41, 5.74) is 12.0. The second-order valence-electron chi connectivity index (χ2n) is 11.3. The molecule has 0 fully saturated rings. The molecule has 0 aliphatic rings. The number of hydrogen-bond donors (Lipinski definition) is 2. The number of sulfonamides is 1. The Balaban J connectivity index is 0.000000431. The number of nitrogens with two attached hydrogens (primary N) is 1. The zero-order chi connectivity index (χ0) is 28.6. The Morgan fingerprint density at radius 2 is 1.15 bits per heavy atom. The van der Waals surface area contributed by atoms with Gasteiger partial charge in [0.25, 0.3) is 0 Å². The van der Waals surface area contributed by atoms with Crippen LogP contribution in [0.2, 0.25) is 0 Å². The molecule has 2 atom stereocenters. The molecule has 0 saturated heterocycles. The third-order valence-corrected chi connectivity index (χ3v) is 8.22. The molecule has 3 N–H and O–H groups in total. The van der Waals surface area contributed by atoms with Gasteiger partial charge in [0.1, 0.15) is 0 Å². The molecule has 4 aromatic carbocycles. The topological polar surface area (TPSA) is 72.2 Å². The molecule has 0 radical (unpaired) electrons. The molecule has 4 aromatic rings. The zero-order valence-electron chi connectivity index (χ0n) is 24.3. The Labute approximate surface area is 254 Å². The maximum atomic E-state index is 13.1. The van der Waals surface area contributed by atoms with Gasteiger partial charge in [0.2, 0.25) is 10.0 Å². The predicted molar refractivity (Wildman–Crippen MR) is 163 cm³/mol. The second-order valence-corrected chi connectivity index (χ2v) is 13.0. The second kappa shape index (κ2) is 14.8. The van der Waals surface area contributed by atoms with Gasteiger partial charge in [-0.15, -0.1) is 0 Å². The zero-order valence-corrected chi connectivity index (χ0v) is 26.8. The van der Waals surface area contributed by atoms with Crippen LogP contribution in [0, 0.1) is 6.92 Å². The van der Waals surface area contributed by atoms with Gasteiger partial charge >= 0.3 is 0 Å². The molecule has 0 aliphatic carbocycles. The Bertz CT molecular complexity index is 1400. The van der Waals surface area contributed by atoms with Gasteiger partial charge in [0.05, 0.1) is 17.0 Å². The van der Waals surface area contributed by atoms with Crippen LogP contribution in [0.4, 0.5) is 0 Å². The molecule has 0 spiro atoms. The van der Waals surface area contributed by atoms with Gasteiger partial charge < -0.3 is 5.73 Å². The SMILES string of the molecule is CC(C)(C)c1ccc(S(=O)(=O)N[C@H](c2ccccc2)[C@H](N)c2ccccc2)cc1.Cc1ccc(C(C)C)cc1.[Ru]. The first-order valence-electron chi connectivity index (χ1n) is 13.4. The Hall–Kier alpha value is -2.63. The van der Waals surface area contributed by atoms with Crippen molar-refractivity contribution >= 4 is 10.0 Å². The maximum absolute atomic E-state index is 13.1. The van der Waals surface area contributed by atoms with Crippen molar-refractivity contribution in [3.63, 3.8) is 0 Å². The van der Waals surface area contributed by atoms with Crippen LogP contribution in [0.3, 0.4) is 0 Å². The van der Waals surface area contributed by atoms with Crippen molar-refractivity contribution in [2.24, 2.45) is 5.73 Å². The molecule has 0 bridgehead atoms. The van der Waals surface area contributed by atoms with E-state index in [2.05, 4.69) is 70.5 Å². The molecule has 6 heteroatoms. The third-order valence-electron chi connectivity index (χ3n) is 6.76. The van der Waals surface area contributed by atoms with Crippen molar-refractivity contribution in [2.75, 3.05) is 0 Å². The number of hydrogen-bond acceptors (Lipinski definition) is 3. The van der Waals surface area contributed by atoms with Gasteiger partial charge in [-0.3, -0.25) is 0 Å². The van der Waals surface area contributed by atoms with Gasteiger partial charge in [-0.2, -0.15) is 0 Å². The van der Waals surface area contributed by atoms with Gasteiger partial charge in [-0.25, -0.2) is 13.1 Å². The summed E-state index contributed by atoms with van der Waals surface area (Å²) in [6, 6.07) is 33.6. The quantitative estimate of drug-likeness (QED) is 0.202. The number of aryl methyl sites for hydroxylation is 1. The molecule has 0 aliphatic heterocycles. The third kappa shape index (κ3) is 9.49. The number of nitrogens with one attached hydrogen (secondary N) is 1. The fourth-order valence-electron chi connectivity index (χ4n) is 4.20. The van der Waals surface area contributed by atoms with Crippen LogP contribution >= 0.6 is 0 Å². The summed E-state index contributed by atoms with van der Waals surface area (Å²) < 4.78 is 29.1. The Morgan fingerprint density at radius 1 is 0.675 bits per heavy atom. The van der Waals surface area contributed by atoms with E-state index in [1.165, 1.54) is 11.1 Å². The van der Waals surface area contributed by atoms with Crippen LogP contribution in [0.25, 0.3) is 0 Å². The van der Waals surface area contributed by atoms with Crippen molar-refractivity contribution in [1.29, 1.82) is 0 Å². The minimum atomic E-state index is -3.75. The van der Waals surface area contributed by atoms with Gasteiger partial charge in [-0.05, 0) is 52.6 Å². The van der Waals surface area contributed by atoms with Crippen LogP contribution in [0.5, 0.6) is 0 Å². The first-order chi connectivity index (χ1) is 18.4. The van der Waals surface area contributed by atoms with Crippen LogP contribution in [-0.4, -0.2) is 8.42 Å². The molecule has 0 saturated carbocycles. The van der Waals surface area contributed by atoms with E-state index in [0.717, 1.165) is 16.7 Å². The summed E-state index contributed by atoms with van der Waals surface area (Å²) >= 11 is 0. The molecule has 0 aromatic heterocycles. The predicted octanol–water partition coefficient (Wildman–Crippen LogP) is 7.82. The fraction of sp³-hybridized carbons (Fsp3) is 0.294. The van der Waals surface area contributed by atoms with E-state index in [4.69, 9.17) is 5.73 Å². The summed E-state index contributed by atoms with van der Waals surface area (Å²) in [7, 11) is -3.75. The number of benzene rings is 4. The maximum Gasteiger partial charge on any atom is 0.241 e. The van der Waals surface area contributed by atoms with Crippen molar-refractivity contribution in [2.45, 2.75) is 69.9 Å². The van der Waals surface area contributed by atoms with Crippen molar-refractivity contribution in [3.05, 3.63) is 137 Å². The summed E-state index contributed by atoms with van der Waals surface area (Å²) in [6.07, 6.45) is 0. The summed E-state index contributed by atoms with van der Waals surface area (Å²) in [4.78, 5) is 0.228. The van der Waals surface area contributed by atoms with Gasteiger partial charge in [0, 0.05) is 19.5 Å². The van der Waals surface area contributed by atoms with E-state index >= 15 is 0 Å². The summed E-state index contributed by atoms with van der Waals surface area (Å²) in [5, 5.41) is 0. The van der Waals surface area contributed by atoms with Crippen molar-refractivity contribution < 1.29 is 27.9 Å². The molecular weight excluding hydrogens is 602 g/mol. The minimum Gasteiger partial charge on any atom is -0.322 e. The van der Waals surface area contributed by atoms with Crippen LogP contribution in [0.15, 0.2) is 114 Å². The molecule has 0 amide bonds. The Kier molecular flexibility index (Phi) is 12.5. The van der Waals surface area contributed by atoms with E-state index in [0.29, 0.717) is 5.92 Å². The molecule has 0 heterocycles. The van der Waals surface area contributed by atoms with Gasteiger partial charge in [-0.1, -0.05) is 137 Å². The molecule has 4 rings (SSSR count). The van der Waals surface area contributed by atoms with Crippen LogP contribution in [0.1, 0.15) is 80.4 Å². The molecule has 214 valence electrons. The fourth-order valence-corrected chi connectivity index (χ4v) is 5.44. The van der Waals surface area contributed by atoms with Gasteiger partial charge in [0.15, 0.2) is 0 Å². The van der Waals surface area contributed by atoms with E-state index < -0.39 is 22.1 Å². The average Bonchev–Trinajstić information content (AvgIpc) is 2.92. The monoisotopic (exact) mass is 644 g/mol. The summed E-state index contributed by atoms with van der Waals surface area (Å²) in [5.74, 6) is 0.653. The standard InChI is InChI=1S/C24H28N2O2S.C10H14.Ru/c1-24(2,3)20-14-16-21(17-15-20)29(27,28)26-23(19-12-8-5-9-13-19)22(25)18-10-6-4-7-11-18;1-8(2)10-6-4-9(3)5-7-10;/h4-17,22-23,26H,25H2,1-3H3;4-8H,1-3H3;/t22-,23-;;/m1../s1. The first kappa shape index (κ1) is 33.6. The van der Waals surface area contributed by atoms with E-state index in [9.17, 15) is 8.42 Å². The normalized spacial score (nSPS) is 13.0. The van der Waals surface area contributed by atoms with Crippen LogP contribution in [-0.2, 0) is 34.9 Å². The minimum absolute atomic E-state index is 0.